The third-order valence-electron chi connectivity index (χ3n) is 0.724. The number of aldehydes is 1. The zero-order chi connectivity index (χ0) is 5.98. The summed E-state index contributed by atoms with van der Waals surface area (Å²) < 4.78 is 0.659. The quantitative estimate of drug-likeness (QED) is 0.462. The molecule has 0 aliphatic rings. The molecule has 1 aromatic rings. The van der Waals surface area contributed by atoms with Crippen molar-refractivity contribution in [2.45, 2.75) is 0 Å². The van der Waals surface area contributed by atoms with Crippen molar-refractivity contribution in [1.82, 2.24) is 0 Å². The molecule has 0 fully saturated rings. The van der Waals surface area contributed by atoms with Gasteiger partial charge in [0.2, 0.25) is 0 Å². The predicted molar refractivity (Wildman–Crippen MR) is 41.9 cm³/mol. The molecule has 44 valence electrons. The van der Waals surface area contributed by atoms with Crippen LogP contribution in [0, 0.1) is 0 Å². The molecule has 0 N–H and O–H groups in total. The van der Waals surface area contributed by atoms with E-state index in [9.17, 15) is 4.79 Å². The maximum atomic E-state index is 9.97. The van der Waals surface area contributed by atoms with Gasteiger partial charge in [-0.15, -0.1) is 11.3 Å². The first-order chi connectivity index (χ1) is 3.83. The number of thiophene rings is 1. The fraction of sp³-hybridized carbons (Fsp3) is 0. The molecule has 1 heterocycles. The first kappa shape index (κ1) is 9.66. The van der Waals surface area contributed by atoms with Gasteiger partial charge in [0.15, 0.2) is 6.29 Å². The van der Waals surface area contributed by atoms with Crippen molar-refractivity contribution in [3.05, 3.63) is 21.3 Å². The Morgan fingerprint density at radius 3 is 2.56 bits per heavy atom. The molecule has 1 aromatic heterocycles. The Kier molecular flexibility index (Phi) is 4.80. The average Bonchev–Trinajstić information content (AvgIpc) is 2.14. The second kappa shape index (κ2) is 4.47. The van der Waals surface area contributed by atoms with E-state index in [0.717, 1.165) is 6.29 Å². The summed E-state index contributed by atoms with van der Waals surface area (Å²) in [6.07, 6.45) is 0.780. The summed E-state index contributed by atoms with van der Waals surface area (Å²) in [5, 5.41) is 1.72. The van der Waals surface area contributed by atoms with Crippen LogP contribution in [0.15, 0.2) is 11.4 Å². The van der Waals surface area contributed by atoms with Crippen LogP contribution in [0.5, 0.6) is 0 Å². The number of rotatable bonds is 1. The van der Waals surface area contributed by atoms with Gasteiger partial charge in [-0.25, -0.2) is 0 Å². The molecule has 4 heteroatoms. The summed E-state index contributed by atoms with van der Waals surface area (Å²) in [4.78, 5) is 9.97. The van der Waals surface area contributed by atoms with Gasteiger partial charge in [0.1, 0.15) is 0 Å². The first-order valence-corrected chi connectivity index (χ1v) is 3.28. The first-order valence-electron chi connectivity index (χ1n) is 2.02. The Morgan fingerprint density at radius 1 is 1.67 bits per heavy atom. The molecule has 0 bridgehead atoms. The standard InChI is InChI=1S/C5H3ClOS.Na.H/c6-5-1-4(2-7)3-8-5;;/h1-3H;;. The molecule has 0 radical (unpaired) electrons. The van der Waals surface area contributed by atoms with Crippen LogP contribution in [-0.4, -0.2) is 35.8 Å². The average molecular weight is 171 g/mol. The Hall–Kier alpha value is 0.660. The molecule has 0 aliphatic heterocycles. The molecular formula is C5H4ClNaOS. The summed E-state index contributed by atoms with van der Waals surface area (Å²) >= 11 is 6.86. The SMILES string of the molecule is O=Cc1csc(Cl)c1.[NaH]. The minimum atomic E-state index is 0. The van der Waals surface area contributed by atoms with Gasteiger partial charge in [-0.3, -0.25) is 4.79 Å². The van der Waals surface area contributed by atoms with Gasteiger partial charge in [-0.2, -0.15) is 0 Å². The number of hydrogen-bond acceptors (Lipinski definition) is 2. The number of carbonyl (C=O) groups excluding carboxylic acids is 1. The van der Waals surface area contributed by atoms with Crippen LogP contribution in [0.4, 0.5) is 0 Å². The normalized spacial score (nSPS) is 8.11. The summed E-state index contributed by atoms with van der Waals surface area (Å²) in [7, 11) is 0. The Bertz CT molecular complexity index is 199. The van der Waals surface area contributed by atoms with Crippen LogP contribution < -0.4 is 0 Å². The van der Waals surface area contributed by atoms with E-state index >= 15 is 0 Å². The van der Waals surface area contributed by atoms with Gasteiger partial charge in [0.05, 0.1) is 4.34 Å². The second-order valence-electron chi connectivity index (χ2n) is 1.30. The summed E-state index contributed by atoms with van der Waals surface area (Å²) in [6.45, 7) is 0. The zero-order valence-corrected chi connectivity index (χ0v) is 5.50. The van der Waals surface area contributed by atoms with E-state index in [1.165, 1.54) is 11.3 Å². The molecule has 0 saturated carbocycles. The minimum absolute atomic E-state index is 0. The Balaban J connectivity index is 0.000000640. The molecule has 0 aromatic carbocycles. The second-order valence-corrected chi connectivity index (χ2v) is 2.84. The van der Waals surface area contributed by atoms with Crippen molar-refractivity contribution in [2.75, 3.05) is 0 Å². The molecule has 0 atom stereocenters. The van der Waals surface area contributed by atoms with Crippen molar-refractivity contribution >= 4 is 58.8 Å². The summed E-state index contributed by atoms with van der Waals surface area (Å²) in [5.41, 5.74) is 0.653. The maximum absolute atomic E-state index is 9.97. The molecular weight excluding hydrogens is 167 g/mol. The van der Waals surface area contributed by atoms with E-state index < -0.39 is 0 Å². The molecule has 0 spiro atoms. The van der Waals surface area contributed by atoms with Crippen LogP contribution in [-0.2, 0) is 0 Å². The van der Waals surface area contributed by atoms with Crippen molar-refractivity contribution in [3.8, 4) is 0 Å². The van der Waals surface area contributed by atoms with Crippen molar-refractivity contribution in [1.29, 1.82) is 0 Å². The summed E-state index contributed by atoms with van der Waals surface area (Å²) in [5.74, 6) is 0. The van der Waals surface area contributed by atoms with Crippen LogP contribution >= 0.6 is 22.9 Å². The number of carbonyl (C=O) groups is 1. The van der Waals surface area contributed by atoms with E-state index in [1.807, 2.05) is 0 Å². The van der Waals surface area contributed by atoms with Gasteiger partial charge >= 0.3 is 29.6 Å². The van der Waals surface area contributed by atoms with Gasteiger partial charge in [0, 0.05) is 10.9 Å². The number of hydrogen-bond donors (Lipinski definition) is 0. The third-order valence-corrected chi connectivity index (χ3v) is 1.83. The molecule has 0 saturated heterocycles. The van der Waals surface area contributed by atoms with Crippen molar-refractivity contribution < 1.29 is 4.79 Å². The molecule has 1 rings (SSSR count). The Labute approximate surface area is 84.3 Å². The zero-order valence-electron chi connectivity index (χ0n) is 3.93. The fourth-order valence-electron chi connectivity index (χ4n) is 0.385. The number of halogens is 1. The molecule has 9 heavy (non-hydrogen) atoms. The van der Waals surface area contributed by atoms with Gasteiger partial charge < -0.3 is 0 Å². The predicted octanol–water partition coefficient (Wildman–Crippen LogP) is 1.57. The van der Waals surface area contributed by atoms with Gasteiger partial charge in [-0.05, 0) is 6.07 Å². The van der Waals surface area contributed by atoms with Crippen LogP contribution in [0.3, 0.4) is 0 Å². The van der Waals surface area contributed by atoms with Crippen LogP contribution in [0.1, 0.15) is 10.4 Å². The van der Waals surface area contributed by atoms with E-state index in [2.05, 4.69) is 0 Å². The Morgan fingerprint density at radius 2 is 2.33 bits per heavy atom. The molecule has 0 amide bonds. The van der Waals surface area contributed by atoms with Gasteiger partial charge in [-0.1, -0.05) is 11.6 Å². The topological polar surface area (TPSA) is 17.1 Å². The van der Waals surface area contributed by atoms with Crippen LogP contribution in [0.25, 0.3) is 0 Å². The summed E-state index contributed by atoms with van der Waals surface area (Å²) in [6, 6.07) is 1.64. The third kappa shape index (κ3) is 2.83. The molecule has 0 unspecified atom stereocenters. The van der Waals surface area contributed by atoms with E-state index in [4.69, 9.17) is 11.6 Å². The van der Waals surface area contributed by atoms with Crippen molar-refractivity contribution in [2.24, 2.45) is 0 Å². The van der Waals surface area contributed by atoms with E-state index in [0.29, 0.717) is 9.90 Å². The van der Waals surface area contributed by atoms with E-state index in [1.54, 1.807) is 11.4 Å². The van der Waals surface area contributed by atoms with Crippen LogP contribution in [0.2, 0.25) is 4.34 Å². The molecule has 1 nitrogen and oxygen atoms in total. The monoisotopic (exact) mass is 170 g/mol. The van der Waals surface area contributed by atoms with Gasteiger partial charge in [0.25, 0.3) is 0 Å². The van der Waals surface area contributed by atoms with Crippen molar-refractivity contribution in [3.63, 3.8) is 0 Å². The van der Waals surface area contributed by atoms with E-state index in [-0.39, 0.29) is 29.6 Å². The fourth-order valence-corrected chi connectivity index (χ4v) is 1.22. The molecule has 0 aliphatic carbocycles.